The van der Waals surface area contributed by atoms with Crippen LogP contribution < -0.4 is 16.8 Å². The molecule has 0 radical (unpaired) electrons. The predicted molar refractivity (Wildman–Crippen MR) is 104 cm³/mol. The first-order valence-corrected chi connectivity index (χ1v) is 9.13. The number of carbonyl (C=O) groups is 2. The molecule has 1 aromatic rings. The van der Waals surface area contributed by atoms with Crippen LogP contribution in [0.1, 0.15) is 45.1 Å². The highest BCUT2D eigenvalue weighted by molar-refractivity contribution is 6.42. The average Bonchev–Trinajstić information content (AvgIpc) is 2.51. The van der Waals surface area contributed by atoms with Crippen LogP contribution in [-0.4, -0.2) is 35.6 Å². The van der Waals surface area contributed by atoms with Crippen molar-refractivity contribution in [1.82, 2.24) is 5.32 Å². The molecule has 0 spiro atoms. The number of piperidine rings is 1. The zero-order chi connectivity index (χ0) is 20.1. The van der Waals surface area contributed by atoms with Gasteiger partial charge in [-0.15, -0.1) is 0 Å². The van der Waals surface area contributed by atoms with Crippen LogP contribution in [0.3, 0.4) is 0 Å². The molecule has 1 aliphatic heterocycles. The largest absolute Gasteiger partial charge is 0.481 e. The number of carbonyl (C=O) groups excluding carboxylic acids is 1. The van der Waals surface area contributed by atoms with Crippen LogP contribution in [0.4, 0.5) is 0 Å². The molecule has 1 heterocycles. The predicted octanol–water partition coefficient (Wildman–Crippen LogP) is 2.76. The van der Waals surface area contributed by atoms with E-state index in [2.05, 4.69) is 5.32 Å². The van der Waals surface area contributed by atoms with Gasteiger partial charge in [0.15, 0.2) is 0 Å². The molecular formula is C18H27Cl2N3O3. The number of rotatable bonds is 3. The van der Waals surface area contributed by atoms with Crippen molar-refractivity contribution in [3.05, 3.63) is 33.8 Å². The van der Waals surface area contributed by atoms with E-state index in [1.807, 2.05) is 12.1 Å². The van der Waals surface area contributed by atoms with Crippen molar-refractivity contribution in [3.8, 4) is 0 Å². The molecule has 0 saturated carbocycles. The van der Waals surface area contributed by atoms with E-state index >= 15 is 0 Å². The zero-order valence-electron chi connectivity index (χ0n) is 15.3. The maximum atomic E-state index is 11.0. The van der Waals surface area contributed by atoms with Gasteiger partial charge in [0.1, 0.15) is 0 Å². The van der Waals surface area contributed by atoms with Crippen LogP contribution in [0, 0.1) is 5.41 Å². The second kappa shape index (κ2) is 9.55. The molecule has 0 aromatic heterocycles. The minimum atomic E-state index is -0.757. The molecule has 6 N–H and O–H groups in total. The van der Waals surface area contributed by atoms with Gasteiger partial charge in [0.25, 0.3) is 0 Å². The van der Waals surface area contributed by atoms with Crippen molar-refractivity contribution in [1.29, 1.82) is 0 Å². The Morgan fingerprint density at radius 1 is 1.27 bits per heavy atom. The van der Waals surface area contributed by atoms with Crippen molar-refractivity contribution in [2.75, 3.05) is 6.54 Å². The number of nitrogens with two attached hydrogens (primary N) is 2. The van der Waals surface area contributed by atoms with Crippen LogP contribution in [-0.2, 0) is 9.59 Å². The molecule has 6 nitrogen and oxygen atoms in total. The fourth-order valence-corrected chi connectivity index (χ4v) is 2.84. The maximum Gasteiger partial charge on any atom is 0.308 e. The summed E-state index contributed by atoms with van der Waals surface area (Å²) >= 11 is 12.0. The lowest BCUT2D eigenvalue weighted by Crippen LogP contribution is -2.50. The number of nitrogens with one attached hydrogen (secondary N) is 1. The maximum absolute atomic E-state index is 11.0. The Morgan fingerprint density at radius 2 is 1.85 bits per heavy atom. The minimum absolute atomic E-state index is 0.0126. The molecular weight excluding hydrogens is 377 g/mol. The Bertz CT molecular complexity index is 647. The van der Waals surface area contributed by atoms with Crippen LogP contribution in [0.2, 0.25) is 10.0 Å². The number of carboxylic acid groups (broad SMARTS) is 1. The summed E-state index contributed by atoms with van der Waals surface area (Å²) in [5.74, 6) is -0.909. The third kappa shape index (κ3) is 7.11. The van der Waals surface area contributed by atoms with Crippen LogP contribution in [0.5, 0.6) is 0 Å². The van der Waals surface area contributed by atoms with Gasteiger partial charge in [0.2, 0.25) is 5.91 Å². The molecule has 1 amide bonds. The van der Waals surface area contributed by atoms with E-state index in [0.717, 1.165) is 12.0 Å². The first kappa shape index (κ1) is 22.7. The summed E-state index contributed by atoms with van der Waals surface area (Å²) in [6.07, 6.45) is 1.09. The zero-order valence-corrected chi connectivity index (χ0v) is 16.8. The Morgan fingerprint density at radius 3 is 2.31 bits per heavy atom. The van der Waals surface area contributed by atoms with Gasteiger partial charge in [0, 0.05) is 31.0 Å². The second-order valence-electron chi connectivity index (χ2n) is 7.51. The van der Waals surface area contributed by atoms with Gasteiger partial charge in [-0.2, -0.15) is 0 Å². The van der Waals surface area contributed by atoms with E-state index in [1.54, 1.807) is 26.8 Å². The summed E-state index contributed by atoms with van der Waals surface area (Å²) < 4.78 is 0. The van der Waals surface area contributed by atoms with E-state index in [0.29, 0.717) is 23.0 Å². The number of aliphatic carboxylic acids is 1. The smallest absolute Gasteiger partial charge is 0.308 e. The summed E-state index contributed by atoms with van der Waals surface area (Å²) in [5, 5.41) is 12.5. The van der Waals surface area contributed by atoms with Crippen molar-refractivity contribution in [3.63, 3.8) is 0 Å². The minimum Gasteiger partial charge on any atom is -0.481 e. The van der Waals surface area contributed by atoms with Gasteiger partial charge >= 0.3 is 5.97 Å². The lowest BCUT2D eigenvalue weighted by Gasteiger charge is -2.35. The SMILES string of the molecule is CC(C)(C)C(=O)O.NC(=O)CC1C[C@@H](c2ccc(Cl)c(Cl)c2)[C@H](N)CN1. The van der Waals surface area contributed by atoms with Gasteiger partial charge in [-0.3, -0.25) is 9.59 Å². The quantitative estimate of drug-likeness (QED) is 0.618. The highest BCUT2D eigenvalue weighted by atomic mass is 35.5. The molecule has 1 saturated heterocycles. The molecule has 0 bridgehead atoms. The average molecular weight is 404 g/mol. The number of halogens is 2. The number of benzene rings is 1. The molecule has 26 heavy (non-hydrogen) atoms. The fourth-order valence-electron chi connectivity index (χ4n) is 2.53. The van der Waals surface area contributed by atoms with Crippen molar-refractivity contribution >= 4 is 35.1 Å². The molecule has 1 fully saturated rings. The van der Waals surface area contributed by atoms with Crippen molar-refractivity contribution < 1.29 is 14.7 Å². The van der Waals surface area contributed by atoms with E-state index in [4.69, 9.17) is 39.8 Å². The van der Waals surface area contributed by atoms with Gasteiger partial charge in [-0.05, 0) is 44.9 Å². The summed E-state index contributed by atoms with van der Waals surface area (Å²) in [6, 6.07) is 5.61. The van der Waals surface area contributed by atoms with E-state index in [-0.39, 0.29) is 23.9 Å². The summed E-state index contributed by atoms with van der Waals surface area (Å²) in [6.45, 7) is 5.64. The normalized spacial score (nSPS) is 22.9. The highest BCUT2D eigenvalue weighted by Crippen LogP contribution is 2.32. The monoisotopic (exact) mass is 403 g/mol. The Labute approximate surface area is 164 Å². The summed E-state index contributed by atoms with van der Waals surface area (Å²) in [7, 11) is 0. The standard InChI is InChI=1S/C13H17Cl2N3O.C5H10O2/c14-10-2-1-7(3-11(10)15)9-4-8(5-13(17)19)18-6-12(9)16;1-5(2,3)4(6)7/h1-3,8-9,12,18H,4-6,16H2,(H2,17,19);1-3H3,(H,6,7)/t8?,9-,12+;/m0./s1. The summed E-state index contributed by atoms with van der Waals surface area (Å²) in [4.78, 5) is 21.0. The summed E-state index contributed by atoms with van der Waals surface area (Å²) in [5.41, 5.74) is 11.8. The first-order chi connectivity index (χ1) is 11.9. The molecule has 1 unspecified atom stereocenters. The van der Waals surface area contributed by atoms with E-state index < -0.39 is 11.4 Å². The number of hydrogen-bond donors (Lipinski definition) is 4. The van der Waals surface area contributed by atoms with Crippen LogP contribution in [0.25, 0.3) is 0 Å². The fraction of sp³-hybridized carbons (Fsp3) is 0.556. The number of primary amides is 1. The Kier molecular flexibility index (Phi) is 8.34. The van der Waals surface area contributed by atoms with Crippen molar-refractivity contribution in [2.45, 2.75) is 51.6 Å². The molecule has 1 aliphatic rings. The van der Waals surface area contributed by atoms with Gasteiger partial charge in [-0.1, -0.05) is 29.3 Å². The first-order valence-electron chi connectivity index (χ1n) is 8.37. The third-order valence-corrected chi connectivity index (χ3v) is 4.90. The Balaban J connectivity index is 0.000000412. The number of carboxylic acids is 1. The topological polar surface area (TPSA) is 118 Å². The second-order valence-corrected chi connectivity index (χ2v) is 8.32. The lowest BCUT2D eigenvalue weighted by molar-refractivity contribution is -0.145. The Hall–Kier alpha value is -1.34. The third-order valence-electron chi connectivity index (χ3n) is 4.16. The van der Waals surface area contributed by atoms with Crippen molar-refractivity contribution in [2.24, 2.45) is 16.9 Å². The number of hydrogen-bond acceptors (Lipinski definition) is 4. The van der Waals surface area contributed by atoms with E-state index in [9.17, 15) is 9.59 Å². The van der Waals surface area contributed by atoms with Gasteiger partial charge < -0.3 is 21.9 Å². The highest BCUT2D eigenvalue weighted by Gasteiger charge is 2.30. The molecule has 8 heteroatoms. The molecule has 2 rings (SSSR count). The molecule has 146 valence electrons. The van der Waals surface area contributed by atoms with Gasteiger partial charge in [0.05, 0.1) is 15.5 Å². The molecule has 0 aliphatic carbocycles. The van der Waals surface area contributed by atoms with Crippen LogP contribution in [0.15, 0.2) is 18.2 Å². The molecule has 1 aromatic carbocycles. The molecule has 3 atom stereocenters. The number of amides is 1. The van der Waals surface area contributed by atoms with E-state index in [1.165, 1.54) is 0 Å². The lowest BCUT2D eigenvalue weighted by atomic mass is 9.82. The van der Waals surface area contributed by atoms with Gasteiger partial charge in [-0.25, -0.2) is 0 Å². The van der Waals surface area contributed by atoms with Crippen LogP contribution >= 0.6 is 23.2 Å².